The van der Waals surface area contributed by atoms with Crippen LogP contribution in [0.2, 0.25) is 10.0 Å². The van der Waals surface area contributed by atoms with Gasteiger partial charge in [-0.25, -0.2) is 8.42 Å². The van der Waals surface area contributed by atoms with E-state index in [0.29, 0.717) is 17.0 Å². The van der Waals surface area contributed by atoms with Crippen LogP contribution in [0.4, 0.5) is 5.69 Å². The highest BCUT2D eigenvalue weighted by Gasteiger charge is 2.24. The number of hydrogen-bond donors (Lipinski definition) is 2. The summed E-state index contributed by atoms with van der Waals surface area (Å²) >= 11 is 12.1. The maximum atomic E-state index is 13.4. The minimum atomic E-state index is -4.19. The van der Waals surface area contributed by atoms with E-state index in [1.807, 2.05) is 0 Å². The first-order chi connectivity index (χ1) is 18.2. The predicted octanol–water partition coefficient (Wildman–Crippen LogP) is 4.64. The molecule has 0 aliphatic carbocycles. The van der Waals surface area contributed by atoms with Gasteiger partial charge in [0, 0.05) is 28.5 Å². The van der Waals surface area contributed by atoms with E-state index in [-0.39, 0.29) is 33.1 Å². The van der Waals surface area contributed by atoms with E-state index in [1.54, 1.807) is 36.4 Å². The molecule has 1 unspecified atom stereocenters. The fraction of sp³-hybridized carbons (Fsp3) is 0.154. The van der Waals surface area contributed by atoms with Crippen molar-refractivity contribution in [2.24, 2.45) is 0 Å². The van der Waals surface area contributed by atoms with Crippen LogP contribution in [0, 0.1) is 0 Å². The Bertz CT molecular complexity index is 1590. The van der Waals surface area contributed by atoms with E-state index >= 15 is 0 Å². The number of anilines is 1. The Labute approximate surface area is 229 Å². The number of methoxy groups -OCH3 is 1. The summed E-state index contributed by atoms with van der Waals surface area (Å²) in [5.41, 5.74) is 1.37. The number of benzene rings is 3. The number of carbonyl (C=O) groups is 2. The molecule has 9 nitrogen and oxygen atoms in total. The Morgan fingerprint density at radius 3 is 2.42 bits per heavy atom. The molecule has 2 N–H and O–H groups in total. The highest BCUT2D eigenvalue weighted by molar-refractivity contribution is 7.93. The maximum Gasteiger partial charge on any atom is 0.307 e. The topological polar surface area (TPSA) is 127 Å². The van der Waals surface area contributed by atoms with Crippen LogP contribution < -0.4 is 10.0 Å². The van der Waals surface area contributed by atoms with E-state index < -0.39 is 27.9 Å². The molecular weight excluding hydrogens is 551 g/mol. The fourth-order valence-corrected chi connectivity index (χ4v) is 5.34. The van der Waals surface area contributed by atoms with Gasteiger partial charge in [0.25, 0.3) is 15.9 Å². The van der Waals surface area contributed by atoms with Crippen LogP contribution in [0.25, 0.3) is 11.0 Å². The maximum absolute atomic E-state index is 13.4. The Kier molecular flexibility index (Phi) is 8.45. The summed E-state index contributed by atoms with van der Waals surface area (Å²) in [6, 6.07) is 15.1. The standard InChI is InChI=1S/C26H22Cl2N4O5S/c1-37-24(33)15-19(13-16-5-7-17(27)8-6-16)31-26(34)20-10-9-18(28)14-22(20)32-38(35,36)23-4-2-3-21-25(23)30-12-11-29-21/h2-12,14,19,32H,13,15H2,1H3,(H,31,34). The van der Waals surface area contributed by atoms with E-state index in [9.17, 15) is 18.0 Å². The van der Waals surface area contributed by atoms with Gasteiger partial charge in [-0.05, 0) is 54.4 Å². The quantitative estimate of drug-likeness (QED) is 0.279. The molecule has 1 atom stereocenters. The largest absolute Gasteiger partial charge is 0.469 e. The summed E-state index contributed by atoms with van der Waals surface area (Å²) in [6.07, 6.45) is 3.05. The van der Waals surface area contributed by atoms with Gasteiger partial charge in [-0.2, -0.15) is 0 Å². The lowest BCUT2D eigenvalue weighted by atomic mass is 10.0. The van der Waals surface area contributed by atoms with Gasteiger partial charge in [0.2, 0.25) is 0 Å². The molecule has 38 heavy (non-hydrogen) atoms. The second-order valence-corrected chi connectivity index (χ2v) is 10.8. The second-order valence-electron chi connectivity index (χ2n) is 8.26. The summed E-state index contributed by atoms with van der Waals surface area (Å²) in [4.78, 5) is 33.6. The van der Waals surface area contributed by atoms with Crippen molar-refractivity contribution in [1.29, 1.82) is 0 Å². The van der Waals surface area contributed by atoms with Gasteiger partial charge in [0.05, 0.1) is 30.3 Å². The number of esters is 1. The molecule has 196 valence electrons. The number of fused-ring (bicyclic) bond motifs is 1. The highest BCUT2D eigenvalue weighted by Crippen LogP contribution is 2.27. The van der Waals surface area contributed by atoms with Gasteiger partial charge < -0.3 is 10.1 Å². The fourth-order valence-electron chi connectivity index (χ4n) is 3.81. The Morgan fingerprint density at radius 1 is 0.974 bits per heavy atom. The number of amides is 1. The number of ether oxygens (including phenoxy) is 1. The summed E-state index contributed by atoms with van der Waals surface area (Å²) in [6.45, 7) is 0. The summed E-state index contributed by atoms with van der Waals surface area (Å²) in [7, 11) is -2.94. The van der Waals surface area contributed by atoms with Crippen LogP contribution in [0.3, 0.4) is 0 Å². The zero-order chi connectivity index (χ0) is 27.3. The van der Waals surface area contributed by atoms with Gasteiger partial charge in [0.15, 0.2) is 0 Å². The van der Waals surface area contributed by atoms with Crippen molar-refractivity contribution in [3.05, 3.63) is 94.2 Å². The van der Waals surface area contributed by atoms with Crippen LogP contribution in [0.1, 0.15) is 22.3 Å². The van der Waals surface area contributed by atoms with Crippen molar-refractivity contribution in [3.63, 3.8) is 0 Å². The van der Waals surface area contributed by atoms with Crippen LogP contribution in [-0.4, -0.2) is 43.4 Å². The van der Waals surface area contributed by atoms with Crippen molar-refractivity contribution in [1.82, 2.24) is 15.3 Å². The molecule has 0 aliphatic heterocycles. The van der Waals surface area contributed by atoms with Crippen molar-refractivity contribution < 1.29 is 22.7 Å². The Morgan fingerprint density at radius 2 is 1.68 bits per heavy atom. The first kappa shape index (κ1) is 27.3. The minimum Gasteiger partial charge on any atom is -0.469 e. The van der Waals surface area contributed by atoms with Crippen molar-refractivity contribution in [3.8, 4) is 0 Å². The number of carbonyl (C=O) groups excluding carboxylic acids is 2. The average Bonchev–Trinajstić information content (AvgIpc) is 2.89. The third-order valence-electron chi connectivity index (χ3n) is 5.59. The minimum absolute atomic E-state index is 0.00951. The first-order valence-corrected chi connectivity index (χ1v) is 13.5. The van der Waals surface area contributed by atoms with Crippen LogP contribution in [0.15, 0.2) is 78.0 Å². The van der Waals surface area contributed by atoms with Crippen molar-refractivity contribution in [2.75, 3.05) is 11.8 Å². The number of para-hydroxylation sites is 1. The molecular formula is C26H22Cl2N4O5S. The number of nitrogens with one attached hydrogen (secondary N) is 2. The number of halogens is 2. The zero-order valence-corrected chi connectivity index (χ0v) is 22.3. The van der Waals surface area contributed by atoms with Crippen LogP contribution in [-0.2, 0) is 26.0 Å². The molecule has 1 heterocycles. The number of sulfonamides is 1. The van der Waals surface area contributed by atoms with Crippen LogP contribution in [0.5, 0.6) is 0 Å². The van der Waals surface area contributed by atoms with Gasteiger partial charge >= 0.3 is 5.97 Å². The third kappa shape index (κ3) is 6.58. The zero-order valence-electron chi connectivity index (χ0n) is 20.0. The molecule has 0 spiro atoms. The van der Waals surface area contributed by atoms with E-state index in [1.165, 1.54) is 43.8 Å². The van der Waals surface area contributed by atoms with Gasteiger partial charge in [-0.1, -0.05) is 41.4 Å². The predicted molar refractivity (Wildman–Crippen MR) is 145 cm³/mol. The molecule has 0 saturated heterocycles. The first-order valence-electron chi connectivity index (χ1n) is 11.3. The van der Waals surface area contributed by atoms with Crippen molar-refractivity contribution >= 4 is 61.8 Å². The molecule has 4 rings (SSSR count). The van der Waals surface area contributed by atoms with Gasteiger partial charge in [0.1, 0.15) is 10.4 Å². The number of aromatic nitrogens is 2. The lowest BCUT2D eigenvalue weighted by molar-refractivity contribution is -0.141. The molecule has 1 amide bonds. The SMILES string of the molecule is COC(=O)CC(Cc1ccc(Cl)cc1)NC(=O)c1ccc(Cl)cc1NS(=O)(=O)c1cccc2nccnc12. The van der Waals surface area contributed by atoms with Gasteiger partial charge in [-0.3, -0.25) is 24.3 Å². The molecule has 0 aliphatic rings. The highest BCUT2D eigenvalue weighted by atomic mass is 35.5. The summed E-state index contributed by atoms with van der Waals surface area (Å²) in [5.74, 6) is -1.13. The lowest BCUT2D eigenvalue weighted by Crippen LogP contribution is -2.38. The summed E-state index contributed by atoms with van der Waals surface area (Å²) < 4.78 is 33.9. The Hall–Kier alpha value is -3.73. The van der Waals surface area contributed by atoms with E-state index in [0.717, 1.165) is 5.56 Å². The smallest absolute Gasteiger partial charge is 0.307 e. The van der Waals surface area contributed by atoms with E-state index in [2.05, 4.69) is 20.0 Å². The molecule has 0 radical (unpaired) electrons. The normalized spacial score (nSPS) is 12.1. The molecule has 1 aromatic heterocycles. The lowest BCUT2D eigenvalue weighted by Gasteiger charge is -2.20. The van der Waals surface area contributed by atoms with Crippen molar-refractivity contribution in [2.45, 2.75) is 23.8 Å². The molecule has 0 fully saturated rings. The second kappa shape index (κ2) is 11.8. The van der Waals surface area contributed by atoms with E-state index in [4.69, 9.17) is 27.9 Å². The number of nitrogens with zero attached hydrogens (tertiary/aromatic N) is 2. The number of rotatable bonds is 9. The molecule has 12 heteroatoms. The molecule has 4 aromatic rings. The average molecular weight is 573 g/mol. The Balaban J connectivity index is 1.63. The number of hydrogen-bond acceptors (Lipinski definition) is 7. The molecule has 0 saturated carbocycles. The summed E-state index contributed by atoms with van der Waals surface area (Å²) in [5, 5.41) is 3.57. The molecule has 3 aromatic carbocycles. The third-order valence-corrected chi connectivity index (χ3v) is 7.48. The van der Waals surface area contributed by atoms with Gasteiger partial charge in [-0.15, -0.1) is 0 Å². The molecule has 0 bridgehead atoms. The van der Waals surface area contributed by atoms with Crippen LogP contribution >= 0.6 is 23.2 Å². The monoisotopic (exact) mass is 572 g/mol.